The summed E-state index contributed by atoms with van der Waals surface area (Å²) in [4.78, 5) is 99.2. The molecule has 0 amide bonds. The highest BCUT2D eigenvalue weighted by Gasteiger charge is 2.28. The number of hydrogen-bond donors (Lipinski definition) is 10. The van der Waals surface area contributed by atoms with Gasteiger partial charge in [-0.25, -0.2) is 90.6 Å². The summed E-state index contributed by atoms with van der Waals surface area (Å²) in [5, 5.41) is 35.8. The number of carbonyl (C=O) groups excluding carboxylic acids is 2. The molecule has 0 aliphatic heterocycles. The number of aromatic nitrogens is 8. The van der Waals surface area contributed by atoms with Crippen LogP contribution in [-0.2, 0) is 9.47 Å². The van der Waals surface area contributed by atoms with Crippen molar-refractivity contribution in [2.45, 2.75) is 6.61 Å². The first-order valence-corrected chi connectivity index (χ1v) is 38.5. The lowest BCUT2D eigenvalue weighted by Gasteiger charge is -2.11. The number of benzene rings is 6. The second-order valence-corrected chi connectivity index (χ2v) is 28.9. The third-order valence-electron chi connectivity index (χ3n) is 16.1. The molecule has 0 aliphatic rings. The number of pyridine rings is 4. The summed E-state index contributed by atoms with van der Waals surface area (Å²) < 4.78 is 118. The van der Waals surface area contributed by atoms with Crippen LogP contribution in [0.5, 0.6) is 17.2 Å². The number of nitrogens with two attached hydrogens (primary N) is 6. The van der Waals surface area contributed by atoms with Crippen LogP contribution in [0.25, 0.3) is 73.9 Å². The van der Waals surface area contributed by atoms with Crippen LogP contribution in [0.3, 0.4) is 0 Å². The van der Waals surface area contributed by atoms with Crippen molar-refractivity contribution in [1.82, 2.24) is 39.9 Å². The molecule has 0 aliphatic carbocycles. The third-order valence-corrected chi connectivity index (χ3v) is 20.2. The molecule has 0 unspecified atom stereocenters. The Balaban J connectivity index is 0.000000206. The molecule has 6 heterocycles. The lowest BCUT2D eigenvalue weighted by molar-refractivity contribution is -0.0498. The molecule has 0 bridgehead atoms. The Morgan fingerprint density at radius 1 is 0.464 bits per heavy atom. The van der Waals surface area contributed by atoms with E-state index in [2.05, 4.69) is 88.4 Å². The highest BCUT2D eigenvalue weighted by atomic mass is 127. The Morgan fingerprint density at radius 3 is 1.37 bits per heavy atom. The van der Waals surface area contributed by atoms with Crippen LogP contribution in [-0.4, -0.2) is 131 Å². The van der Waals surface area contributed by atoms with E-state index < -0.39 is 82.9 Å². The molecule has 0 spiro atoms. The summed E-state index contributed by atoms with van der Waals surface area (Å²) in [5.41, 5.74) is 34.8. The maximum absolute atomic E-state index is 14.3. The molecule has 12 aromatic rings. The van der Waals surface area contributed by atoms with Gasteiger partial charge in [0.25, 0.3) is 0 Å². The molecule has 6 aromatic heterocycles. The monoisotopic (exact) mass is 2100 g/mol. The van der Waals surface area contributed by atoms with E-state index in [9.17, 15) is 59.5 Å². The van der Waals surface area contributed by atoms with Crippen LogP contribution in [0, 0.1) is 60.9 Å². The topological polar surface area (TPSA) is 489 Å². The molecule has 12 rings (SSSR count). The Kier molecular flexibility index (Phi) is 35.0. The standard InChI is InChI=1S/C16H11FN2O2.C15H10Cl2N2O2.C13H11BrFN3O3.C13H8Cl2F2N2O3.C12H6ClF2IN2O2.C12H9FIN3O3/c1-3-9-5-7-10(8-6-9)14-12(17)13(18)11(4-2)15(19-14)16(20)21;1-3-8-4-6-9(7-5-8)13-10(16)12(18)11(17)14(19-13)15(20)21-2;1-20-10-9(13(19)21-2)17-12(18-11(10)16)7-4-3-6(14)5-8(7)15;14-7-9(18)8(15)11(12(20)21)19-10(7)5-1-3-6(4-2-5)22-13(16)17;13-8-6(17)3-7(18-11(8)12(19)20)4-1-2-5(16)10(15)9(4)14;1-20-9-8(12(18)19)16-11(17-10(9)15)5-2-3-7(14)6(13)4-5/h1,4-8H,2H2,(H2,18,19)(H,20,21);1,4-7H,2H3,(H2,18,19);3-5H,1-2H3,(H2,16,17,18);1-4,13H,(H2,18,19)(H,20,21);1-3H,(H2,17,18)(H,19,20);2-4H,1H3,(H,18,19)(H2,15,16,17). The van der Waals surface area contributed by atoms with Crippen LogP contribution < -0.4 is 48.6 Å². The number of carboxylic acid groups (broad SMARTS) is 4. The van der Waals surface area contributed by atoms with E-state index in [1.165, 1.54) is 101 Å². The molecule has 16 N–H and O–H groups in total. The molecule has 6 aromatic carbocycles. The highest BCUT2D eigenvalue weighted by molar-refractivity contribution is 14.1. The molecule has 0 radical (unpaired) electrons. The van der Waals surface area contributed by atoms with E-state index in [1.807, 2.05) is 22.6 Å². The number of terminal acetylenes is 2. The van der Waals surface area contributed by atoms with E-state index >= 15 is 0 Å². The van der Waals surface area contributed by atoms with Crippen LogP contribution >= 0.6 is 119 Å². The summed E-state index contributed by atoms with van der Waals surface area (Å²) >= 11 is 36.3. The number of nitrogen functional groups attached to an aromatic ring is 6. The number of halogens is 15. The van der Waals surface area contributed by atoms with Crippen molar-refractivity contribution in [3.05, 3.63) is 251 Å². The van der Waals surface area contributed by atoms with Gasteiger partial charge in [-0.2, -0.15) is 8.78 Å². The van der Waals surface area contributed by atoms with E-state index in [0.717, 1.165) is 0 Å². The van der Waals surface area contributed by atoms with Crippen molar-refractivity contribution in [2.24, 2.45) is 0 Å². The Hall–Kier alpha value is -13.1. The minimum absolute atomic E-state index is 0.0110. The number of ether oxygens (including phenoxy) is 5. The molecule has 0 saturated heterocycles. The quantitative estimate of drug-likeness (QED) is 0.0133. The lowest BCUT2D eigenvalue weighted by Crippen LogP contribution is -2.12. The van der Waals surface area contributed by atoms with Crippen LogP contribution in [0.2, 0.25) is 25.1 Å². The van der Waals surface area contributed by atoms with E-state index in [-0.39, 0.29) is 149 Å². The van der Waals surface area contributed by atoms with Crippen LogP contribution in [0.15, 0.2) is 138 Å². The van der Waals surface area contributed by atoms with Crippen molar-refractivity contribution in [2.75, 3.05) is 62.8 Å². The SMILES string of the molecule is C#Cc1ccc(-c2nc(C(=O)O)c(C=C)c(N)c2F)cc1.C#Cc1ccc(-c2nc(C(=O)OC)c(Cl)c(N)c2Cl)cc1.COC(=O)c1nc(-c2ccc(Br)cc2F)nc(N)c1OC.COc1c(N)nc(-c2ccc(I)c(F)c2)nc1C(=O)O.Nc1c(Cl)c(C(=O)O)nc(-c2ccc(OC(F)F)cc2)c1Cl.Nc1cc(-c2ccc(I)c(F)c2F)nc(C(=O)O)c1Cl. The normalized spacial score (nSPS) is 10.3. The van der Waals surface area contributed by atoms with Gasteiger partial charge in [0.2, 0.25) is 0 Å². The van der Waals surface area contributed by atoms with Crippen molar-refractivity contribution >= 4 is 195 Å². The van der Waals surface area contributed by atoms with Gasteiger partial charge in [-0.3, -0.25) is 0 Å². The maximum atomic E-state index is 14.3. The third kappa shape index (κ3) is 24.0. The van der Waals surface area contributed by atoms with Gasteiger partial charge in [-0.05, 0) is 148 Å². The Bertz CT molecular complexity index is 6340. The van der Waals surface area contributed by atoms with Crippen molar-refractivity contribution in [1.29, 1.82) is 0 Å². The van der Waals surface area contributed by atoms with E-state index in [0.29, 0.717) is 47.1 Å². The summed E-state index contributed by atoms with van der Waals surface area (Å²) in [7, 11) is 5.01. The van der Waals surface area contributed by atoms with Crippen molar-refractivity contribution in [3.8, 4) is 110 Å². The summed E-state index contributed by atoms with van der Waals surface area (Å²) in [6.45, 7) is 0.482. The number of rotatable bonds is 17. The number of carbonyl (C=O) groups is 6. The molecular formula is C81H55BrCl5F7I2N14O15. The molecule has 0 atom stereocenters. The van der Waals surface area contributed by atoms with Gasteiger partial charge >= 0.3 is 42.4 Å². The zero-order chi connectivity index (χ0) is 93.0. The van der Waals surface area contributed by atoms with E-state index in [4.69, 9.17) is 135 Å². The minimum Gasteiger partial charge on any atom is -0.491 e. The summed E-state index contributed by atoms with van der Waals surface area (Å²) in [6, 6.07) is 31.1. The number of nitrogens with zero attached hydrogens (tertiary/aromatic N) is 8. The number of esters is 2. The van der Waals surface area contributed by atoms with Gasteiger partial charge in [0.05, 0.1) is 103 Å². The molecule has 29 nitrogen and oxygen atoms in total. The van der Waals surface area contributed by atoms with Crippen molar-refractivity contribution < 1.29 is 104 Å². The second kappa shape index (κ2) is 44.3. The van der Waals surface area contributed by atoms with Gasteiger partial charge < -0.3 is 78.5 Å². The zero-order valence-electron chi connectivity index (χ0n) is 63.6. The number of anilines is 6. The fourth-order valence-electron chi connectivity index (χ4n) is 10.1. The summed E-state index contributed by atoms with van der Waals surface area (Å²) in [6.07, 6.45) is 11.7. The number of hydrogen-bond acceptors (Lipinski definition) is 25. The van der Waals surface area contributed by atoms with Gasteiger partial charge in [-0.15, -0.1) is 12.8 Å². The average Bonchev–Trinajstić information content (AvgIpc) is 0.798. The molecule has 0 saturated carbocycles. The lowest BCUT2D eigenvalue weighted by atomic mass is 10.0. The predicted molar refractivity (Wildman–Crippen MR) is 474 cm³/mol. The van der Waals surface area contributed by atoms with Crippen molar-refractivity contribution in [3.63, 3.8) is 0 Å². The molecule has 44 heteroatoms. The minimum atomic E-state index is -2.95. The maximum Gasteiger partial charge on any atom is 0.387 e. The number of carboxylic acids is 4. The zero-order valence-corrected chi connectivity index (χ0v) is 73.3. The van der Waals surface area contributed by atoms with Crippen LogP contribution in [0.1, 0.15) is 79.6 Å². The first kappa shape index (κ1) is 99.0. The fraction of sp³-hybridized carbons (Fsp3) is 0.0617. The van der Waals surface area contributed by atoms with Gasteiger partial charge in [-0.1, -0.05) is 123 Å². The fourth-order valence-corrected chi connectivity index (χ4v) is 12.4. The second-order valence-electron chi connectivity index (χ2n) is 23.8. The first-order valence-electron chi connectivity index (χ1n) is 33.7. The smallest absolute Gasteiger partial charge is 0.387 e. The van der Waals surface area contributed by atoms with E-state index in [1.54, 1.807) is 83.3 Å². The molecule has 0 fully saturated rings. The average molecular weight is 2110 g/mol. The highest BCUT2D eigenvalue weighted by Crippen LogP contribution is 2.41. The van der Waals surface area contributed by atoms with Gasteiger partial charge in [0.15, 0.2) is 86.4 Å². The van der Waals surface area contributed by atoms with Gasteiger partial charge in [0, 0.05) is 52.6 Å². The largest absolute Gasteiger partial charge is 0.491 e. The predicted octanol–water partition coefficient (Wildman–Crippen LogP) is 18.3. The van der Waals surface area contributed by atoms with Gasteiger partial charge in [0.1, 0.15) is 23.1 Å². The molecular weight excluding hydrogens is 2050 g/mol. The molecule has 125 heavy (non-hydrogen) atoms. The first-order chi connectivity index (χ1) is 59.0. The Labute approximate surface area is 762 Å². The Morgan fingerprint density at radius 2 is 0.896 bits per heavy atom. The van der Waals surface area contributed by atoms with Crippen LogP contribution in [0.4, 0.5) is 65.1 Å². The summed E-state index contributed by atoms with van der Waals surface area (Å²) in [5.74, 6) is -6.22. The number of alkyl halides is 2. The number of aromatic carboxylic acids is 4. The molecule has 644 valence electrons. The number of methoxy groups -OCH3 is 4.